The molecule has 2 saturated heterocycles. The molecule has 1 amide bonds. The zero-order valence-electron chi connectivity index (χ0n) is 15.2. The zero-order valence-corrected chi connectivity index (χ0v) is 16.9. The molecule has 1 atom stereocenters. The molecule has 0 aliphatic carbocycles. The van der Waals surface area contributed by atoms with Crippen LogP contribution in [0.4, 0.5) is 5.69 Å². The molecule has 2 aliphatic rings. The maximum atomic E-state index is 12.8. The quantitative estimate of drug-likeness (QED) is 0.599. The summed E-state index contributed by atoms with van der Waals surface area (Å²) in [7, 11) is 0. The molecule has 0 radical (unpaired) electrons. The van der Waals surface area contributed by atoms with E-state index in [2.05, 4.69) is 15.2 Å². The van der Waals surface area contributed by atoms with Crippen LogP contribution in [-0.2, 0) is 0 Å². The summed E-state index contributed by atoms with van der Waals surface area (Å²) in [6, 6.07) is 6.68. The van der Waals surface area contributed by atoms with E-state index in [9.17, 15) is 14.9 Å². The van der Waals surface area contributed by atoms with Gasteiger partial charge < -0.3 is 10.2 Å². The molecule has 4 rings (SSSR count). The Labute approximate surface area is 173 Å². The van der Waals surface area contributed by atoms with Crippen LogP contribution in [0.3, 0.4) is 0 Å². The van der Waals surface area contributed by atoms with E-state index in [1.54, 1.807) is 17.5 Å². The first-order chi connectivity index (χ1) is 13.1. The predicted molar refractivity (Wildman–Crippen MR) is 110 cm³/mol. The van der Waals surface area contributed by atoms with E-state index >= 15 is 0 Å². The number of hydrogen-bond acceptors (Lipinski definition) is 7. The van der Waals surface area contributed by atoms with Crippen LogP contribution in [0.15, 0.2) is 29.6 Å². The van der Waals surface area contributed by atoms with Crippen LogP contribution in [0.25, 0.3) is 10.6 Å². The van der Waals surface area contributed by atoms with Crippen LogP contribution in [0.5, 0.6) is 0 Å². The smallest absolute Gasteiger partial charge is 0.273 e. The monoisotopic (exact) mass is 423 g/mol. The number of nitrogens with one attached hydrogen (secondary N) is 1. The summed E-state index contributed by atoms with van der Waals surface area (Å²) in [6.45, 7) is 5.60. The molecule has 1 N–H and O–H groups in total. The third-order valence-electron chi connectivity index (χ3n) is 5.17. The summed E-state index contributed by atoms with van der Waals surface area (Å²) in [5, 5.41) is 16.6. The molecule has 0 spiro atoms. The average Bonchev–Trinajstić information content (AvgIpc) is 3.38. The van der Waals surface area contributed by atoms with Crippen molar-refractivity contribution in [3.05, 3.63) is 45.5 Å². The highest BCUT2D eigenvalue weighted by Crippen LogP contribution is 2.27. The molecule has 2 aliphatic heterocycles. The van der Waals surface area contributed by atoms with E-state index in [0.29, 0.717) is 16.7 Å². The van der Waals surface area contributed by atoms with Gasteiger partial charge in [0.1, 0.15) is 10.7 Å². The highest BCUT2D eigenvalue weighted by Gasteiger charge is 2.32. The molecule has 150 valence electrons. The number of amides is 1. The maximum Gasteiger partial charge on any atom is 0.273 e. The Morgan fingerprint density at radius 1 is 1.21 bits per heavy atom. The first-order valence-electron chi connectivity index (χ1n) is 9.06. The molecule has 10 heteroatoms. The largest absolute Gasteiger partial charge is 0.336 e. The van der Waals surface area contributed by atoms with Crippen LogP contribution in [0.2, 0.25) is 0 Å². The zero-order chi connectivity index (χ0) is 18.8. The summed E-state index contributed by atoms with van der Waals surface area (Å²) < 4.78 is 0. The molecule has 1 aromatic carbocycles. The van der Waals surface area contributed by atoms with Crippen molar-refractivity contribution in [3.63, 3.8) is 0 Å². The summed E-state index contributed by atoms with van der Waals surface area (Å²) in [5.74, 6) is -0.0305. The third kappa shape index (κ3) is 4.33. The Hall–Kier alpha value is -2.07. The first-order valence-corrected chi connectivity index (χ1v) is 9.94. The molecule has 1 aromatic heterocycles. The fourth-order valence-electron chi connectivity index (χ4n) is 3.66. The number of carbonyl (C=O) groups is 1. The van der Waals surface area contributed by atoms with Gasteiger partial charge in [0.25, 0.3) is 11.6 Å². The standard InChI is InChI=1S/C18H21N5O3S.ClH/c24-18(22-8-5-15(11-22)21-9-6-19-7-10-21)16-12-27-17(20-16)13-1-3-14(4-2-13)23(25)26;/h1-4,12,15,19H,5-11H2;1H. The van der Waals surface area contributed by atoms with Crippen LogP contribution in [0, 0.1) is 10.1 Å². The van der Waals surface area contributed by atoms with Gasteiger partial charge in [-0.2, -0.15) is 0 Å². The second kappa shape index (κ2) is 8.95. The van der Waals surface area contributed by atoms with E-state index in [1.807, 2.05) is 4.90 Å². The highest BCUT2D eigenvalue weighted by atomic mass is 35.5. The van der Waals surface area contributed by atoms with Crippen LogP contribution < -0.4 is 5.32 Å². The van der Waals surface area contributed by atoms with Crippen molar-refractivity contribution in [2.75, 3.05) is 39.3 Å². The average molecular weight is 424 g/mol. The number of non-ortho nitro benzene ring substituents is 1. The number of piperazine rings is 1. The minimum Gasteiger partial charge on any atom is -0.336 e. The third-order valence-corrected chi connectivity index (χ3v) is 6.06. The van der Waals surface area contributed by atoms with E-state index in [4.69, 9.17) is 0 Å². The van der Waals surface area contributed by atoms with Gasteiger partial charge in [-0.25, -0.2) is 4.98 Å². The Bertz CT molecular complexity index is 838. The van der Waals surface area contributed by atoms with Crippen LogP contribution in [-0.4, -0.2) is 70.9 Å². The number of thiazole rings is 1. The van der Waals surface area contributed by atoms with Crippen molar-refractivity contribution in [3.8, 4) is 10.6 Å². The van der Waals surface area contributed by atoms with Crippen molar-refractivity contribution in [2.24, 2.45) is 0 Å². The minimum absolute atomic E-state index is 0. The van der Waals surface area contributed by atoms with Gasteiger partial charge in [0, 0.05) is 68.4 Å². The SMILES string of the molecule is Cl.O=C(c1csc(-c2ccc([N+](=O)[O-])cc2)n1)N1CCC(N2CCNCC2)C1. The first kappa shape index (κ1) is 20.7. The van der Waals surface area contributed by atoms with Crippen LogP contribution >= 0.6 is 23.7 Å². The number of carbonyl (C=O) groups excluding carboxylic acids is 1. The van der Waals surface area contributed by atoms with E-state index in [0.717, 1.165) is 51.3 Å². The molecule has 0 saturated carbocycles. The fraction of sp³-hybridized carbons (Fsp3) is 0.444. The lowest BCUT2D eigenvalue weighted by molar-refractivity contribution is -0.384. The number of benzene rings is 1. The highest BCUT2D eigenvalue weighted by molar-refractivity contribution is 7.13. The van der Waals surface area contributed by atoms with Crippen molar-refractivity contribution < 1.29 is 9.72 Å². The lowest BCUT2D eigenvalue weighted by Gasteiger charge is -2.32. The fourth-order valence-corrected chi connectivity index (χ4v) is 4.46. The van der Waals surface area contributed by atoms with Gasteiger partial charge in [0.05, 0.1) is 4.92 Å². The lowest BCUT2D eigenvalue weighted by atomic mass is 10.2. The molecule has 8 nitrogen and oxygen atoms in total. The van der Waals surface area contributed by atoms with Gasteiger partial charge in [-0.15, -0.1) is 23.7 Å². The second-order valence-corrected chi connectivity index (χ2v) is 7.68. The molecule has 2 aromatic rings. The summed E-state index contributed by atoms with van der Waals surface area (Å²) >= 11 is 1.39. The van der Waals surface area contributed by atoms with Gasteiger partial charge >= 0.3 is 0 Å². The summed E-state index contributed by atoms with van der Waals surface area (Å²) in [6.07, 6.45) is 1.01. The molecule has 28 heavy (non-hydrogen) atoms. The minimum atomic E-state index is -0.428. The number of likely N-dealkylation sites (tertiary alicyclic amines) is 1. The van der Waals surface area contributed by atoms with Gasteiger partial charge in [0.2, 0.25) is 0 Å². The topological polar surface area (TPSA) is 91.6 Å². The van der Waals surface area contributed by atoms with E-state index in [1.165, 1.54) is 23.5 Å². The molecular formula is C18H22ClN5O3S. The molecule has 0 bridgehead atoms. The van der Waals surface area contributed by atoms with Crippen molar-refractivity contribution in [1.29, 1.82) is 0 Å². The van der Waals surface area contributed by atoms with Gasteiger partial charge in [-0.3, -0.25) is 19.8 Å². The lowest BCUT2D eigenvalue weighted by Crippen LogP contribution is -2.49. The Morgan fingerprint density at radius 3 is 2.61 bits per heavy atom. The number of hydrogen-bond donors (Lipinski definition) is 1. The molecule has 2 fully saturated rings. The van der Waals surface area contributed by atoms with Gasteiger partial charge in [0.15, 0.2) is 0 Å². The normalized spacial score (nSPS) is 20.0. The molecule has 1 unspecified atom stereocenters. The van der Waals surface area contributed by atoms with Crippen molar-refractivity contribution in [1.82, 2.24) is 20.1 Å². The van der Waals surface area contributed by atoms with Gasteiger partial charge in [-0.05, 0) is 18.6 Å². The molecule has 3 heterocycles. The summed E-state index contributed by atoms with van der Waals surface area (Å²) in [5.41, 5.74) is 1.28. The Balaban J connectivity index is 0.00000225. The Morgan fingerprint density at radius 2 is 1.93 bits per heavy atom. The number of nitro benzene ring substituents is 1. The van der Waals surface area contributed by atoms with E-state index < -0.39 is 4.92 Å². The number of aromatic nitrogens is 1. The Kier molecular flexibility index (Phi) is 6.61. The second-order valence-electron chi connectivity index (χ2n) is 6.82. The van der Waals surface area contributed by atoms with Crippen molar-refractivity contribution in [2.45, 2.75) is 12.5 Å². The summed E-state index contributed by atoms with van der Waals surface area (Å²) in [4.78, 5) is 32.0. The van der Waals surface area contributed by atoms with Gasteiger partial charge in [-0.1, -0.05) is 0 Å². The predicted octanol–water partition coefficient (Wildman–Crippen LogP) is 2.26. The van der Waals surface area contributed by atoms with E-state index in [-0.39, 0.29) is 24.0 Å². The number of nitro groups is 1. The number of rotatable bonds is 4. The van der Waals surface area contributed by atoms with Crippen molar-refractivity contribution >= 4 is 35.3 Å². The van der Waals surface area contributed by atoms with Crippen LogP contribution in [0.1, 0.15) is 16.9 Å². The molecular weight excluding hydrogens is 402 g/mol. The number of halogens is 1. The number of nitrogens with zero attached hydrogens (tertiary/aromatic N) is 4. The maximum absolute atomic E-state index is 12.8.